The number of hydrogen-bond acceptors (Lipinski definition) is 4. The molecular weight excluding hydrogens is 316 g/mol. The fourth-order valence-electron chi connectivity index (χ4n) is 2.68. The van der Waals surface area contributed by atoms with Gasteiger partial charge in [-0.15, -0.1) is 0 Å². The highest BCUT2D eigenvalue weighted by molar-refractivity contribution is 5.95. The maximum atomic E-state index is 12.8. The predicted molar refractivity (Wildman–Crippen MR) is 101 cm³/mol. The van der Waals surface area contributed by atoms with Crippen LogP contribution in [0.3, 0.4) is 0 Å². The summed E-state index contributed by atoms with van der Waals surface area (Å²) in [6.45, 7) is 2.44. The first-order valence-electron chi connectivity index (χ1n) is 8.11. The number of ether oxygens (including phenoxy) is 2. The van der Waals surface area contributed by atoms with Gasteiger partial charge in [-0.05, 0) is 36.8 Å². The number of anilines is 1. The average Bonchev–Trinajstić information content (AvgIpc) is 2.61. The topological polar surface area (TPSA) is 42.0 Å². The summed E-state index contributed by atoms with van der Waals surface area (Å²) in [6, 6.07) is 11.7. The molecule has 0 aliphatic carbocycles. The average molecular weight is 342 g/mol. The molecule has 2 aromatic rings. The Hall–Kier alpha value is -2.69. The molecule has 0 unspecified atom stereocenters. The van der Waals surface area contributed by atoms with Crippen molar-refractivity contribution in [1.29, 1.82) is 0 Å². The van der Waals surface area contributed by atoms with Crippen LogP contribution in [0, 0.1) is 6.92 Å². The number of benzene rings is 2. The van der Waals surface area contributed by atoms with E-state index in [4.69, 9.17) is 9.47 Å². The Morgan fingerprint density at radius 3 is 1.92 bits per heavy atom. The summed E-state index contributed by atoms with van der Waals surface area (Å²) in [7, 11) is 8.98. The lowest BCUT2D eigenvalue weighted by Crippen LogP contribution is -2.26. The van der Waals surface area contributed by atoms with Crippen molar-refractivity contribution in [2.75, 3.05) is 40.3 Å². The highest BCUT2D eigenvalue weighted by Crippen LogP contribution is 2.30. The highest BCUT2D eigenvalue weighted by Gasteiger charge is 2.17. The standard InChI is InChI=1S/C20H26N2O3/c1-14-18(24-5)11-16(12-19(14)25-6)20(23)22(4)13-15-7-9-17(10-8-15)21(2)3/h7-12H,13H2,1-6H3. The Balaban J connectivity index is 2.19. The van der Waals surface area contributed by atoms with Crippen molar-refractivity contribution in [2.24, 2.45) is 0 Å². The zero-order valence-corrected chi connectivity index (χ0v) is 15.8. The number of methoxy groups -OCH3 is 2. The van der Waals surface area contributed by atoms with Crippen LogP contribution in [0.15, 0.2) is 36.4 Å². The van der Waals surface area contributed by atoms with Crippen LogP contribution in [0.1, 0.15) is 21.5 Å². The van der Waals surface area contributed by atoms with Crippen molar-refractivity contribution in [1.82, 2.24) is 4.90 Å². The first-order valence-corrected chi connectivity index (χ1v) is 8.11. The number of hydrogen-bond donors (Lipinski definition) is 0. The van der Waals surface area contributed by atoms with Crippen molar-refractivity contribution < 1.29 is 14.3 Å². The fraction of sp³-hybridized carbons (Fsp3) is 0.350. The first-order chi connectivity index (χ1) is 11.9. The number of nitrogens with zero attached hydrogens (tertiary/aromatic N) is 2. The molecule has 2 rings (SSSR count). The van der Waals surface area contributed by atoms with E-state index in [-0.39, 0.29) is 5.91 Å². The summed E-state index contributed by atoms with van der Waals surface area (Å²) in [4.78, 5) is 16.5. The second-order valence-corrected chi connectivity index (χ2v) is 6.23. The molecule has 5 heteroatoms. The van der Waals surface area contributed by atoms with E-state index in [1.165, 1.54) is 0 Å². The van der Waals surface area contributed by atoms with Gasteiger partial charge in [-0.2, -0.15) is 0 Å². The van der Waals surface area contributed by atoms with Crippen LogP contribution >= 0.6 is 0 Å². The van der Waals surface area contributed by atoms with Gasteiger partial charge in [0.25, 0.3) is 5.91 Å². The number of rotatable bonds is 6. The summed E-state index contributed by atoms with van der Waals surface area (Å²) in [5, 5.41) is 0. The van der Waals surface area contributed by atoms with Crippen LogP contribution in [0.4, 0.5) is 5.69 Å². The van der Waals surface area contributed by atoms with E-state index in [9.17, 15) is 4.79 Å². The molecule has 0 saturated heterocycles. The summed E-state index contributed by atoms with van der Waals surface area (Å²) < 4.78 is 10.7. The second-order valence-electron chi connectivity index (χ2n) is 6.23. The van der Waals surface area contributed by atoms with E-state index < -0.39 is 0 Å². The molecule has 0 aromatic heterocycles. The smallest absolute Gasteiger partial charge is 0.254 e. The van der Waals surface area contributed by atoms with Gasteiger partial charge in [0, 0.05) is 44.5 Å². The molecule has 1 amide bonds. The molecule has 134 valence electrons. The summed E-state index contributed by atoms with van der Waals surface area (Å²) in [5.41, 5.74) is 3.63. The molecule has 25 heavy (non-hydrogen) atoms. The first kappa shape index (κ1) is 18.6. The van der Waals surface area contributed by atoms with Gasteiger partial charge in [0.05, 0.1) is 14.2 Å². The van der Waals surface area contributed by atoms with Crippen LogP contribution in [0.5, 0.6) is 11.5 Å². The van der Waals surface area contributed by atoms with Gasteiger partial charge in [0.2, 0.25) is 0 Å². The molecule has 0 fully saturated rings. The van der Waals surface area contributed by atoms with E-state index >= 15 is 0 Å². The van der Waals surface area contributed by atoms with Crippen molar-refractivity contribution >= 4 is 11.6 Å². The molecule has 0 saturated carbocycles. The molecule has 2 aromatic carbocycles. The van der Waals surface area contributed by atoms with Crippen LogP contribution in [0.25, 0.3) is 0 Å². The van der Waals surface area contributed by atoms with Crippen LogP contribution < -0.4 is 14.4 Å². The molecule has 0 bridgehead atoms. The van der Waals surface area contributed by atoms with Gasteiger partial charge in [0.15, 0.2) is 0 Å². The van der Waals surface area contributed by atoms with Crippen LogP contribution in [-0.2, 0) is 6.54 Å². The summed E-state index contributed by atoms with van der Waals surface area (Å²) in [5.74, 6) is 1.21. The monoisotopic (exact) mass is 342 g/mol. The molecular formula is C20H26N2O3. The summed E-state index contributed by atoms with van der Waals surface area (Å²) >= 11 is 0. The summed E-state index contributed by atoms with van der Waals surface area (Å²) in [6.07, 6.45) is 0. The molecule has 0 heterocycles. The van der Waals surface area contributed by atoms with E-state index in [2.05, 4.69) is 0 Å². The minimum absolute atomic E-state index is 0.0757. The van der Waals surface area contributed by atoms with Gasteiger partial charge >= 0.3 is 0 Å². The second kappa shape index (κ2) is 7.92. The zero-order chi connectivity index (χ0) is 18.6. The SMILES string of the molecule is COc1cc(C(=O)N(C)Cc2ccc(N(C)C)cc2)cc(OC)c1C. The quantitative estimate of drug-likeness (QED) is 0.807. The molecule has 0 N–H and O–H groups in total. The minimum atomic E-state index is -0.0757. The number of amides is 1. The van der Waals surface area contributed by atoms with E-state index in [0.29, 0.717) is 23.6 Å². The maximum absolute atomic E-state index is 12.8. The van der Waals surface area contributed by atoms with Crippen LogP contribution in [-0.4, -0.2) is 46.2 Å². The van der Waals surface area contributed by atoms with E-state index in [1.807, 2.05) is 50.2 Å². The third kappa shape index (κ3) is 4.24. The highest BCUT2D eigenvalue weighted by atomic mass is 16.5. The van der Waals surface area contributed by atoms with Crippen molar-refractivity contribution in [3.63, 3.8) is 0 Å². The van der Waals surface area contributed by atoms with E-state index in [1.54, 1.807) is 38.3 Å². The van der Waals surface area contributed by atoms with Gasteiger partial charge in [-0.3, -0.25) is 4.79 Å². The molecule has 5 nitrogen and oxygen atoms in total. The molecule has 0 atom stereocenters. The van der Waals surface area contributed by atoms with Gasteiger partial charge < -0.3 is 19.3 Å². The molecule has 0 spiro atoms. The Kier molecular flexibility index (Phi) is 5.91. The van der Waals surface area contributed by atoms with Gasteiger partial charge in [-0.1, -0.05) is 12.1 Å². The Bertz CT molecular complexity index is 714. The lowest BCUT2D eigenvalue weighted by molar-refractivity contribution is 0.0784. The molecule has 0 aliphatic rings. The lowest BCUT2D eigenvalue weighted by atomic mass is 10.1. The van der Waals surface area contributed by atoms with Crippen molar-refractivity contribution in [2.45, 2.75) is 13.5 Å². The predicted octanol–water partition coefficient (Wildman–Crippen LogP) is 3.35. The van der Waals surface area contributed by atoms with Gasteiger partial charge in [-0.25, -0.2) is 0 Å². The number of carbonyl (C=O) groups excluding carboxylic acids is 1. The molecule has 0 aliphatic heterocycles. The molecule has 0 radical (unpaired) electrons. The van der Waals surface area contributed by atoms with E-state index in [0.717, 1.165) is 16.8 Å². The number of carbonyl (C=O) groups is 1. The Morgan fingerprint density at radius 2 is 1.48 bits per heavy atom. The zero-order valence-electron chi connectivity index (χ0n) is 15.8. The Morgan fingerprint density at radius 1 is 0.960 bits per heavy atom. The minimum Gasteiger partial charge on any atom is -0.496 e. The maximum Gasteiger partial charge on any atom is 0.254 e. The normalized spacial score (nSPS) is 10.3. The third-order valence-electron chi connectivity index (χ3n) is 4.22. The largest absolute Gasteiger partial charge is 0.496 e. The van der Waals surface area contributed by atoms with Crippen molar-refractivity contribution in [3.8, 4) is 11.5 Å². The van der Waals surface area contributed by atoms with Gasteiger partial charge in [0.1, 0.15) is 11.5 Å². The fourth-order valence-corrected chi connectivity index (χ4v) is 2.68. The Labute approximate surface area is 149 Å². The van der Waals surface area contributed by atoms with Crippen molar-refractivity contribution in [3.05, 3.63) is 53.1 Å². The lowest BCUT2D eigenvalue weighted by Gasteiger charge is -2.20. The van der Waals surface area contributed by atoms with Crippen LogP contribution in [0.2, 0.25) is 0 Å². The third-order valence-corrected chi connectivity index (χ3v) is 4.22.